The van der Waals surface area contributed by atoms with Crippen LogP contribution in [0.3, 0.4) is 0 Å². The Morgan fingerprint density at radius 2 is 1.58 bits per heavy atom. The van der Waals surface area contributed by atoms with E-state index in [1.165, 1.54) is 0 Å². The van der Waals surface area contributed by atoms with E-state index in [-0.39, 0.29) is 0 Å². The number of H-pyrrole nitrogens is 1. The molecule has 5 rings (SSSR count). The molecule has 0 fully saturated rings. The van der Waals surface area contributed by atoms with Gasteiger partial charge in [-0.1, -0.05) is 19.2 Å². The topological polar surface area (TPSA) is 127 Å². The van der Waals surface area contributed by atoms with Crippen molar-refractivity contribution in [3.63, 3.8) is 0 Å². The van der Waals surface area contributed by atoms with Crippen molar-refractivity contribution >= 4 is 40.0 Å². The Morgan fingerprint density at radius 3 is 2.39 bits per heavy atom. The Kier molecular flexibility index (Phi) is 7.97. The molecule has 0 amide bonds. The van der Waals surface area contributed by atoms with Crippen molar-refractivity contribution in [3.8, 4) is 11.5 Å². The predicted octanol–water partition coefficient (Wildman–Crippen LogP) is 4.76. The van der Waals surface area contributed by atoms with Crippen LogP contribution >= 0.6 is 0 Å². The molecule has 11 nitrogen and oxygen atoms in total. The Morgan fingerprint density at radius 1 is 0.842 bits per heavy atom. The molecular formula is C27H29N7O4. The first kappa shape index (κ1) is 25.1. The molecule has 196 valence electrons. The van der Waals surface area contributed by atoms with Crippen LogP contribution in [-0.2, 0) is 9.47 Å². The lowest BCUT2D eigenvalue weighted by Gasteiger charge is -2.16. The number of aromatic amines is 1. The molecule has 2 aromatic carbocycles. The summed E-state index contributed by atoms with van der Waals surface area (Å²) in [6.45, 7) is 10.4. The summed E-state index contributed by atoms with van der Waals surface area (Å²) in [6.07, 6.45) is 3.24. The Labute approximate surface area is 219 Å². The quantitative estimate of drug-likeness (QED) is 0.256. The lowest BCUT2D eigenvalue weighted by atomic mass is 10.2. The third-order valence-corrected chi connectivity index (χ3v) is 5.50. The van der Waals surface area contributed by atoms with E-state index < -0.39 is 0 Å². The summed E-state index contributed by atoms with van der Waals surface area (Å²) >= 11 is 0. The second-order valence-corrected chi connectivity index (χ2v) is 8.27. The van der Waals surface area contributed by atoms with Gasteiger partial charge in [0.1, 0.15) is 18.7 Å². The fourth-order valence-electron chi connectivity index (χ4n) is 3.72. The summed E-state index contributed by atoms with van der Waals surface area (Å²) in [4.78, 5) is 16.7. The van der Waals surface area contributed by atoms with Crippen molar-refractivity contribution in [2.75, 3.05) is 55.6 Å². The summed E-state index contributed by atoms with van der Waals surface area (Å²) in [5, 5.41) is 9.79. The maximum Gasteiger partial charge on any atom is 0.231 e. The largest absolute Gasteiger partial charge is 0.487 e. The number of hydrogen-bond donors (Lipinski definition) is 4. The van der Waals surface area contributed by atoms with Crippen molar-refractivity contribution in [1.29, 1.82) is 0 Å². The van der Waals surface area contributed by atoms with Gasteiger partial charge in [0.05, 0.1) is 32.8 Å². The molecule has 38 heavy (non-hydrogen) atoms. The lowest BCUT2D eigenvalue weighted by Crippen LogP contribution is -2.15. The third-order valence-electron chi connectivity index (χ3n) is 5.50. The van der Waals surface area contributed by atoms with Crippen LogP contribution in [0.25, 0.3) is 11.2 Å². The minimum absolute atomic E-state index is 0.368. The summed E-state index contributed by atoms with van der Waals surface area (Å²) in [5.41, 5.74) is 4.32. The highest BCUT2D eigenvalue weighted by Crippen LogP contribution is 2.32. The van der Waals surface area contributed by atoms with Crippen molar-refractivity contribution < 1.29 is 18.9 Å². The first-order valence-corrected chi connectivity index (χ1v) is 12.2. The molecule has 0 atom stereocenters. The average molecular weight is 516 g/mol. The maximum absolute atomic E-state index is 5.93. The van der Waals surface area contributed by atoms with Crippen LogP contribution in [0.15, 0.2) is 73.7 Å². The van der Waals surface area contributed by atoms with Gasteiger partial charge in [0.2, 0.25) is 5.95 Å². The zero-order valence-electron chi connectivity index (χ0n) is 20.8. The molecule has 4 aromatic rings. The number of allylic oxidation sites excluding steroid dienone is 1. The molecule has 2 aromatic heterocycles. The molecule has 0 aliphatic carbocycles. The monoisotopic (exact) mass is 515 g/mol. The molecule has 0 saturated heterocycles. The maximum atomic E-state index is 5.93. The average Bonchev–Trinajstić information content (AvgIpc) is 3.39. The van der Waals surface area contributed by atoms with Gasteiger partial charge in [-0.05, 0) is 36.4 Å². The first-order valence-electron chi connectivity index (χ1n) is 12.2. The van der Waals surface area contributed by atoms with Crippen LogP contribution in [-0.4, -0.2) is 59.6 Å². The fourth-order valence-corrected chi connectivity index (χ4v) is 3.72. The molecule has 11 heteroatoms. The Balaban J connectivity index is 1.37. The van der Waals surface area contributed by atoms with Gasteiger partial charge in [0.15, 0.2) is 23.0 Å². The zero-order valence-corrected chi connectivity index (χ0v) is 20.8. The van der Waals surface area contributed by atoms with Gasteiger partial charge in [-0.2, -0.15) is 9.97 Å². The molecule has 1 aliphatic heterocycles. The highest BCUT2D eigenvalue weighted by Gasteiger charge is 2.13. The van der Waals surface area contributed by atoms with Crippen molar-refractivity contribution in [1.82, 2.24) is 19.9 Å². The number of nitrogens with zero attached hydrogens (tertiary/aromatic N) is 3. The van der Waals surface area contributed by atoms with Gasteiger partial charge in [-0.15, -0.1) is 0 Å². The predicted molar refractivity (Wildman–Crippen MR) is 147 cm³/mol. The lowest BCUT2D eigenvalue weighted by molar-refractivity contribution is 0.0223. The third kappa shape index (κ3) is 6.38. The van der Waals surface area contributed by atoms with Crippen molar-refractivity contribution in [3.05, 3.63) is 73.7 Å². The smallest absolute Gasteiger partial charge is 0.231 e. The zero-order chi connectivity index (χ0) is 26.2. The molecule has 1 aliphatic rings. The van der Waals surface area contributed by atoms with E-state index in [9.17, 15) is 0 Å². The van der Waals surface area contributed by atoms with E-state index in [4.69, 9.17) is 23.9 Å². The molecule has 0 saturated carbocycles. The minimum Gasteiger partial charge on any atom is -0.487 e. The van der Waals surface area contributed by atoms with Gasteiger partial charge in [-0.3, -0.25) is 0 Å². The highest BCUT2D eigenvalue weighted by molar-refractivity contribution is 5.86. The van der Waals surface area contributed by atoms with Gasteiger partial charge >= 0.3 is 0 Å². The van der Waals surface area contributed by atoms with Crippen LogP contribution in [0.2, 0.25) is 0 Å². The number of rotatable bonds is 7. The number of ether oxygens (including phenoxy) is 4. The van der Waals surface area contributed by atoms with Crippen molar-refractivity contribution in [2.45, 2.75) is 0 Å². The molecule has 0 radical (unpaired) electrons. The summed E-state index contributed by atoms with van der Waals surface area (Å²) in [7, 11) is 0. The van der Waals surface area contributed by atoms with E-state index in [2.05, 4.69) is 44.1 Å². The molecule has 3 heterocycles. The second-order valence-electron chi connectivity index (χ2n) is 8.27. The number of benzene rings is 2. The second kappa shape index (κ2) is 12.1. The van der Waals surface area contributed by atoms with Crippen LogP contribution in [0.1, 0.15) is 0 Å². The number of hydrogen-bond acceptors (Lipinski definition) is 10. The molecule has 4 N–H and O–H groups in total. The number of fused-ring (bicyclic) bond motifs is 2. The van der Waals surface area contributed by atoms with Gasteiger partial charge in [0.25, 0.3) is 0 Å². The van der Waals surface area contributed by atoms with Crippen LogP contribution < -0.4 is 25.4 Å². The molecule has 0 bridgehead atoms. The summed E-state index contributed by atoms with van der Waals surface area (Å²) in [5.74, 6) is 2.15. The molecule has 0 spiro atoms. The van der Waals surface area contributed by atoms with Crippen LogP contribution in [0, 0.1) is 0 Å². The fraction of sp³-hybridized carbons (Fsp3) is 0.222. The normalized spacial score (nSPS) is 14.1. The van der Waals surface area contributed by atoms with E-state index in [1.54, 1.807) is 12.4 Å². The number of anilines is 5. The van der Waals surface area contributed by atoms with Crippen LogP contribution in [0.4, 0.5) is 28.8 Å². The highest BCUT2D eigenvalue weighted by atomic mass is 16.6. The number of nitrogens with one attached hydrogen (secondary N) is 4. The first-order chi connectivity index (χ1) is 18.7. The van der Waals surface area contributed by atoms with Crippen molar-refractivity contribution in [2.24, 2.45) is 0 Å². The molecular weight excluding hydrogens is 486 g/mol. The van der Waals surface area contributed by atoms with E-state index in [0.29, 0.717) is 79.8 Å². The van der Waals surface area contributed by atoms with Crippen LogP contribution in [0.5, 0.6) is 11.5 Å². The van der Waals surface area contributed by atoms with Gasteiger partial charge in [0, 0.05) is 28.8 Å². The SMILES string of the molecule is C=CC(=C)Nc1cccc(Nc2nc(Nc3ccc4c(c3)OCCOCCOCCO4)nc3nc[nH]c23)c1. The number of aromatic nitrogens is 4. The van der Waals surface area contributed by atoms with E-state index in [0.717, 1.165) is 17.1 Å². The van der Waals surface area contributed by atoms with E-state index >= 15 is 0 Å². The minimum atomic E-state index is 0.368. The van der Waals surface area contributed by atoms with Gasteiger partial charge < -0.3 is 39.9 Å². The standard InChI is InChI=1S/C27H29N7O4/c1-3-18(2)30-19-5-4-6-20(15-19)31-26-24-25(29-17-28-24)33-27(34-26)32-21-7-8-22-23(16-21)38-14-12-36-10-9-35-11-13-37-22/h3-8,15-17,30H,1-2,9-14H2,(H3,28,29,31,32,33,34). The summed E-state index contributed by atoms with van der Waals surface area (Å²) < 4.78 is 22.8. The van der Waals surface area contributed by atoms with Gasteiger partial charge in [-0.25, -0.2) is 4.98 Å². The summed E-state index contributed by atoms with van der Waals surface area (Å²) in [6, 6.07) is 13.3. The Bertz CT molecular complexity index is 1420. The van der Waals surface area contributed by atoms with E-state index in [1.807, 2.05) is 42.5 Å². The Hall–Kier alpha value is -4.61. The molecule has 0 unspecified atom stereocenters. The number of imidazole rings is 1.